The van der Waals surface area contributed by atoms with E-state index in [9.17, 15) is 4.79 Å². The van der Waals surface area contributed by atoms with E-state index < -0.39 is 5.60 Å². The summed E-state index contributed by atoms with van der Waals surface area (Å²) < 4.78 is 11.4. The van der Waals surface area contributed by atoms with Gasteiger partial charge in [-0.2, -0.15) is 10.2 Å². The van der Waals surface area contributed by atoms with Crippen LogP contribution in [0.25, 0.3) is 0 Å². The van der Waals surface area contributed by atoms with Crippen LogP contribution in [-0.4, -0.2) is 45.7 Å². The highest BCUT2D eigenvalue weighted by molar-refractivity contribution is 5.68. The number of hydrogen-bond acceptors (Lipinski definition) is 8. The van der Waals surface area contributed by atoms with Crippen LogP contribution in [-0.2, 0) is 11.3 Å². The van der Waals surface area contributed by atoms with Crippen molar-refractivity contribution in [2.24, 2.45) is 0 Å². The van der Waals surface area contributed by atoms with Crippen molar-refractivity contribution in [2.75, 3.05) is 18.4 Å². The number of carbonyl (C=O) groups excluding carboxylic acids is 1. The van der Waals surface area contributed by atoms with E-state index in [1.54, 1.807) is 24.4 Å². The van der Waals surface area contributed by atoms with Crippen LogP contribution in [0.1, 0.15) is 55.9 Å². The zero-order valence-corrected chi connectivity index (χ0v) is 23.2. The van der Waals surface area contributed by atoms with Crippen molar-refractivity contribution in [3.8, 4) is 17.7 Å². The summed E-state index contributed by atoms with van der Waals surface area (Å²) in [6, 6.07) is 15.8. The zero-order chi connectivity index (χ0) is 28.0. The predicted octanol–water partition coefficient (Wildman–Crippen LogP) is 5.99. The third kappa shape index (κ3) is 8.16. The summed E-state index contributed by atoms with van der Waals surface area (Å²) in [7, 11) is 0. The Bertz CT molecular complexity index is 1310. The predicted molar refractivity (Wildman–Crippen MR) is 150 cm³/mol. The summed E-state index contributed by atoms with van der Waals surface area (Å²) >= 11 is 0. The maximum absolute atomic E-state index is 12.0. The standard InChI is InChI=1S/C30H36N6O3/c1-20-16-23(18-31)17-21(2)27(20)38-26-10-13-32-28(35-26)33-24-8-6-22(7-9-24)19-36-14-11-25(12-15-36)34-29(37)39-30(3,4)5/h6-10,13,16-17,25H,11-12,14-15,19H2,1-5H3,(H,34,37)(H,32,33,35). The molecule has 9 nitrogen and oxygen atoms in total. The Balaban J connectivity index is 1.28. The average molecular weight is 529 g/mol. The minimum atomic E-state index is -0.487. The van der Waals surface area contributed by atoms with E-state index in [2.05, 4.69) is 43.7 Å². The van der Waals surface area contributed by atoms with Crippen LogP contribution in [0.15, 0.2) is 48.7 Å². The molecule has 0 bridgehead atoms. The molecule has 1 aliphatic rings. The van der Waals surface area contributed by atoms with Crippen LogP contribution in [0.5, 0.6) is 11.6 Å². The number of carbonyl (C=O) groups is 1. The number of likely N-dealkylation sites (tertiary alicyclic amines) is 1. The highest BCUT2D eigenvalue weighted by Gasteiger charge is 2.23. The molecule has 0 saturated carbocycles. The minimum Gasteiger partial charge on any atom is -0.444 e. The molecule has 2 aromatic carbocycles. The van der Waals surface area contributed by atoms with E-state index in [0.29, 0.717) is 23.1 Å². The van der Waals surface area contributed by atoms with Gasteiger partial charge in [-0.1, -0.05) is 12.1 Å². The van der Waals surface area contributed by atoms with E-state index in [-0.39, 0.29) is 12.1 Å². The monoisotopic (exact) mass is 528 g/mol. The number of benzene rings is 2. The van der Waals surface area contributed by atoms with Crippen molar-refractivity contribution in [3.63, 3.8) is 0 Å². The molecule has 2 heterocycles. The largest absolute Gasteiger partial charge is 0.444 e. The Morgan fingerprint density at radius 1 is 1.10 bits per heavy atom. The lowest BCUT2D eigenvalue weighted by Crippen LogP contribution is -2.45. The molecule has 3 aromatic rings. The second-order valence-electron chi connectivity index (χ2n) is 10.9. The summed E-state index contributed by atoms with van der Waals surface area (Å²) in [6.07, 6.45) is 3.10. The third-order valence-electron chi connectivity index (χ3n) is 6.35. The van der Waals surface area contributed by atoms with E-state index in [0.717, 1.165) is 49.3 Å². The summed E-state index contributed by atoms with van der Waals surface area (Å²) in [6.45, 7) is 12.1. The SMILES string of the molecule is Cc1cc(C#N)cc(C)c1Oc1ccnc(Nc2ccc(CN3CCC(NC(=O)OC(C)(C)C)CC3)cc2)n1. The van der Waals surface area contributed by atoms with Crippen molar-refractivity contribution in [1.82, 2.24) is 20.2 Å². The second-order valence-corrected chi connectivity index (χ2v) is 10.9. The van der Waals surface area contributed by atoms with Gasteiger partial charge in [-0.3, -0.25) is 4.90 Å². The molecular weight excluding hydrogens is 492 g/mol. The lowest BCUT2D eigenvalue weighted by atomic mass is 10.0. The van der Waals surface area contributed by atoms with Crippen LogP contribution >= 0.6 is 0 Å². The van der Waals surface area contributed by atoms with Crippen LogP contribution in [0.3, 0.4) is 0 Å². The van der Waals surface area contributed by atoms with Gasteiger partial charge in [0.15, 0.2) is 0 Å². The number of piperidine rings is 1. The number of alkyl carbamates (subject to hydrolysis) is 1. The van der Waals surface area contributed by atoms with Gasteiger partial charge < -0.3 is 20.1 Å². The first kappa shape index (κ1) is 27.9. The number of hydrogen-bond donors (Lipinski definition) is 2. The van der Waals surface area contributed by atoms with Gasteiger partial charge in [0.25, 0.3) is 0 Å². The van der Waals surface area contributed by atoms with Gasteiger partial charge in [0, 0.05) is 43.6 Å². The number of aryl methyl sites for hydroxylation is 2. The van der Waals surface area contributed by atoms with Gasteiger partial charge in [-0.15, -0.1) is 0 Å². The van der Waals surface area contributed by atoms with Crippen molar-refractivity contribution in [3.05, 3.63) is 70.9 Å². The number of nitrogens with one attached hydrogen (secondary N) is 2. The van der Waals surface area contributed by atoms with Crippen molar-refractivity contribution in [1.29, 1.82) is 5.26 Å². The van der Waals surface area contributed by atoms with Crippen LogP contribution in [0, 0.1) is 25.2 Å². The molecule has 1 aromatic heterocycles. The van der Waals surface area contributed by atoms with E-state index in [1.165, 1.54) is 5.56 Å². The lowest BCUT2D eigenvalue weighted by Gasteiger charge is -2.32. The van der Waals surface area contributed by atoms with Gasteiger partial charge in [0.2, 0.25) is 11.8 Å². The van der Waals surface area contributed by atoms with Crippen molar-refractivity contribution < 1.29 is 14.3 Å². The highest BCUT2D eigenvalue weighted by atomic mass is 16.6. The van der Waals surface area contributed by atoms with E-state index >= 15 is 0 Å². The third-order valence-corrected chi connectivity index (χ3v) is 6.35. The summed E-state index contributed by atoms with van der Waals surface area (Å²) in [5, 5.41) is 15.4. The van der Waals surface area contributed by atoms with Gasteiger partial charge in [-0.25, -0.2) is 9.78 Å². The molecule has 0 spiro atoms. The van der Waals surface area contributed by atoms with Crippen LogP contribution in [0.4, 0.5) is 16.4 Å². The van der Waals surface area contributed by atoms with Gasteiger partial charge in [-0.05, 0) is 88.4 Å². The normalized spacial score (nSPS) is 14.4. The number of anilines is 2. The minimum absolute atomic E-state index is 0.146. The fourth-order valence-corrected chi connectivity index (χ4v) is 4.53. The Morgan fingerprint density at radius 3 is 2.38 bits per heavy atom. The number of aromatic nitrogens is 2. The topological polar surface area (TPSA) is 112 Å². The van der Waals surface area contributed by atoms with Gasteiger partial charge >= 0.3 is 6.09 Å². The molecule has 9 heteroatoms. The molecule has 39 heavy (non-hydrogen) atoms. The summed E-state index contributed by atoms with van der Waals surface area (Å²) in [4.78, 5) is 23.2. The second kappa shape index (κ2) is 12.1. The molecule has 204 valence electrons. The lowest BCUT2D eigenvalue weighted by molar-refractivity contribution is 0.0477. The van der Waals surface area contributed by atoms with Crippen LogP contribution in [0.2, 0.25) is 0 Å². The van der Waals surface area contributed by atoms with Gasteiger partial charge in [0.1, 0.15) is 11.4 Å². The number of rotatable bonds is 7. The molecule has 1 aliphatic heterocycles. The Kier molecular flexibility index (Phi) is 8.67. The fourth-order valence-electron chi connectivity index (χ4n) is 4.53. The highest BCUT2D eigenvalue weighted by Crippen LogP contribution is 2.29. The molecule has 0 aliphatic carbocycles. The molecule has 1 fully saturated rings. The number of nitrogens with zero attached hydrogens (tertiary/aromatic N) is 4. The maximum atomic E-state index is 12.0. The summed E-state index contributed by atoms with van der Waals surface area (Å²) in [5.41, 5.74) is 3.95. The van der Waals surface area contributed by atoms with Crippen molar-refractivity contribution in [2.45, 2.75) is 65.6 Å². The quantitative estimate of drug-likeness (QED) is 0.385. The van der Waals surface area contributed by atoms with E-state index in [4.69, 9.17) is 14.7 Å². The first-order valence-electron chi connectivity index (χ1n) is 13.2. The van der Waals surface area contributed by atoms with Crippen molar-refractivity contribution >= 4 is 17.7 Å². The number of nitriles is 1. The number of ether oxygens (including phenoxy) is 2. The smallest absolute Gasteiger partial charge is 0.407 e. The molecule has 0 atom stereocenters. The Morgan fingerprint density at radius 2 is 1.77 bits per heavy atom. The molecular formula is C30H36N6O3. The maximum Gasteiger partial charge on any atom is 0.407 e. The number of amides is 1. The first-order chi connectivity index (χ1) is 18.6. The fraction of sp³-hybridized carbons (Fsp3) is 0.400. The van der Waals surface area contributed by atoms with E-state index in [1.807, 2.05) is 46.8 Å². The van der Waals surface area contributed by atoms with Gasteiger partial charge in [0.05, 0.1) is 11.6 Å². The molecule has 1 amide bonds. The molecule has 0 unspecified atom stereocenters. The molecule has 4 rings (SSSR count). The van der Waals surface area contributed by atoms with Crippen LogP contribution < -0.4 is 15.4 Å². The molecule has 1 saturated heterocycles. The Hall–Kier alpha value is -4.16. The first-order valence-corrected chi connectivity index (χ1v) is 13.2. The molecule has 0 radical (unpaired) electrons. The average Bonchev–Trinajstić information content (AvgIpc) is 2.87. The summed E-state index contributed by atoms with van der Waals surface area (Å²) in [5.74, 6) is 1.54. The molecule has 2 N–H and O–H groups in total. The Labute approximate surface area is 230 Å². The zero-order valence-electron chi connectivity index (χ0n) is 23.2.